The maximum absolute atomic E-state index is 10.8. The van der Waals surface area contributed by atoms with Gasteiger partial charge in [-0.05, 0) is 6.54 Å². The number of nitriles is 1. The summed E-state index contributed by atoms with van der Waals surface area (Å²) in [6.45, 7) is 4.04. The molecule has 1 aromatic rings. The molecule has 90 valence electrons. The number of nitrogens with one attached hydrogen (secondary N) is 2. The van der Waals surface area contributed by atoms with Crippen molar-refractivity contribution >= 4 is 11.5 Å². The summed E-state index contributed by atoms with van der Waals surface area (Å²) in [7, 11) is 0. The Labute approximate surface area is 98.6 Å². The van der Waals surface area contributed by atoms with Gasteiger partial charge in [0.1, 0.15) is 6.07 Å². The van der Waals surface area contributed by atoms with Gasteiger partial charge < -0.3 is 10.6 Å². The molecule has 0 aliphatic rings. The van der Waals surface area contributed by atoms with Gasteiger partial charge in [0.05, 0.1) is 10.5 Å². The molecule has 2 N–H and O–H groups in total. The number of likely N-dealkylation sites (N-methyl/N-ethyl adjacent to an activating group) is 1. The van der Waals surface area contributed by atoms with E-state index >= 15 is 0 Å². The fourth-order valence-corrected chi connectivity index (χ4v) is 1.24. The smallest absolute Gasteiger partial charge is 0.312 e. The Morgan fingerprint density at radius 3 is 2.94 bits per heavy atom. The van der Waals surface area contributed by atoms with Crippen molar-refractivity contribution in [1.82, 2.24) is 10.3 Å². The number of aromatic nitrogens is 1. The lowest BCUT2D eigenvalue weighted by molar-refractivity contribution is -0.384. The summed E-state index contributed by atoms with van der Waals surface area (Å²) in [4.78, 5) is 14.1. The Morgan fingerprint density at radius 1 is 1.59 bits per heavy atom. The summed E-state index contributed by atoms with van der Waals surface area (Å²) in [5.41, 5.74) is -0.00511. The topological polar surface area (TPSA) is 104 Å². The van der Waals surface area contributed by atoms with Crippen LogP contribution in [0.1, 0.15) is 12.5 Å². The van der Waals surface area contributed by atoms with Gasteiger partial charge in [0, 0.05) is 25.4 Å². The largest absolute Gasteiger partial charge is 0.363 e. The first-order valence-electron chi connectivity index (χ1n) is 5.18. The van der Waals surface area contributed by atoms with E-state index in [0.717, 1.165) is 6.54 Å². The van der Waals surface area contributed by atoms with Crippen LogP contribution in [0.3, 0.4) is 0 Å². The predicted octanol–water partition coefficient (Wildman–Crippen LogP) is 0.883. The standard InChI is InChI=1S/C10H13N5O2/c1-2-12-3-4-13-10-9(15(16)17)5-8(6-11)7-14-10/h5,7,12H,2-4H2,1H3,(H,13,14). The fourth-order valence-electron chi connectivity index (χ4n) is 1.24. The van der Waals surface area contributed by atoms with Gasteiger partial charge in [0.25, 0.3) is 0 Å². The van der Waals surface area contributed by atoms with E-state index < -0.39 is 4.92 Å². The summed E-state index contributed by atoms with van der Waals surface area (Å²) in [5, 5.41) is 25.4. The molecule has 1 rings (SSSR count). The third-order valence-corrected chi connectivity index (χ3v) is 2.04. The summed E-state index contributed by atoms with van der Waals surface area (Å²) >= 11 is 0. The molecule has 1 heterocycles. The Kier molecular flexibility index (Phi) is 4.84. The van der Waals surface area contributed by atoms with Crippen molar-refractivity contribution in [2.45, 2.75) is 6.92 Å². The van der Waals surface area contributed by atoms with Gasteiger partial charge >= 0.3 is 5.69 Å². The first kappa shape index (κ1) is 12.9. The molecule has 0 aliphatic heterocycles. The van der Waals surface area contributed by atoms with Crippen molar-refractivity contribution in [2.24, 2.45) is 0 Å². The fraction of sp³-hybridized carbons (Fsp3) is 0.400. The van der Waals surface area contributed by atoms with E-state index in [0.29, 0.717) is 13.1 Å². The molecule has 1 aromatic heterocycles. The molecule has 7 nitrogen and oxygen atoms in total. The molecule has 17 heavy (non-hydrogen) atoms. The second-order valence-electron chi connectivity index (χ2n) is 3.24. The molecular formula is C10H13N5O2. The monoisotopic (exact) mass is 235 g/mol. The summed E-state index contributed by atoms with van der Waals surface area (Å²) in [6.07, 6.45) is 1.31. The van der Waals surface area contributed by atoms with Crippen molar-refractivity contribution < 1.29 is 4.92 Å². The van der Waals surface area contributed by atoms with Gasteiger partial charge in [-0.25, -0.2) is 4.98 Å². The van der Waals surface area contributed by atoms with Crippen LogP contribution in [-0.2, 0) is 0 Å². The Bertz CT molecular complexity index is 441. The van der Waals surface area contributed by atoms with Gasteiger partial charge in [0.2, 0.25) is 5.82 Å². The molecule has 7 heteroatoms. The third-order valence-electron chi connectivity index (χ3n) is 2.04. The molecule has 0 saturated carbocycles. The predicted molar refractivity (Wildman–Crippen MR) is 62.6 cm³/mol. The van der Waals surface area contributed by atoms with E-state index in [9.17, 15) is 10.1 Å². The average Bonchev–Trinajstić information content (AvgIpc) is 2.34. The second kappa shape index (κ2) is 6.40. The number of nitrogens with zero attached hydrogens (tertiary/aromatic N) is 3. The van der Waals surface area contributed by atoms with Crippen LogP contribution < -0.4 is 10.6 Å². The molecule has 0 fully saturated rings. The highest BCUT2D eigenvalue weighted by molar-refractivity contribution is 5.58. The SMILES string of the molecule is CCNCCNc1ncc(C#N)cc1[N+](=O)[O-]. The van der Waals surface area contributed by atoms with Crippen LogP contribution in [0, 0.1) is 21.4 Å². The van der Waals surface area contributed by atoms with Crippen LogP contribution >= 0.6 is 0 Å². The summed E-state index contributed by atoms with van der Waals surface area (Å²) in [5.74, 6) is 0.187. The van der Waals surface area contributed by atoms with Gasteiger partial charge in [-0.1, -0.05) is 6.92 Å². The number of anilines is 1. The minimum atomic E-state index is -0.552. The van der Waals surface area contributed by atoms with E-state index in [1.165, 1.54) is 12.3 Å². The molecule has 0 aromatic carbocycles. The second-order valence-corrected chi connectivity index (χ2v) is 3.24. The summed E-state index contributed by atoms with van der Waals surface area (Å²) < 4.78 is 0. The highest BCUT2D eigenvalue weighted by atomic mass is 16.6. The average molecular weight is 235 g/mol. The van der Waals surface area contributed by atoms with Crippen LogP contribution in [0.5, 0.6) is 0 Å². The first-order valence-corrected chi connectivity index (χ1v) is 5.18. The number of rotatable bonds is 6. The first-order chi connectivity index (χ1) is 8.19. The Hall–Kier alpha value is -2.20. The van der Waals surface area contributed by atoms with E-state index in [4.69, 9.17) is 5.26 Å². The normalized spacial score (nSPS) is 9.65. The van der Waals surface area contributed by atoms with E-state index in [-0.39, 0.29) is 17.1 Å². The molecular weight excluding hydrogens is 222 g/mol. The van der Waals surface area contributed by atoms with Crippen LogP contribution in [-0.4, -0.2) is 29.5 Å². The van der Waals surface area contributed by atoms with Crippen molar-refractivity contribution in [1.29, 1.82) is 5.26 Å². The number of hydrogen-bond acceptors (Lipinski definition) is 6. The maximum Gasteiger partial charge on any atom is 0.312 e. The minimum Gasteiger partial charge on any atom is -0.363 e. The quantitative estimate of drug-likeness (QED) is 0.431. The maximum atomic E-state index is 10.8. The van der Waals surface area contributed by atoms with Crippen LogP contribution in [0.4, 0.5) is 11.5 Å². The van der Waals surface area contributed by atoms with Gasteiger partial charge in [-0.3, -0.25) is 10.1 Å². The van der Waals surface area contributed by atoms with Crippen molar-refractivity contribution in [3.63, 3.8) is 0 Å². The molecule has 0 unspecified atom stereocenters. The lowest BCUT2D eigenvalue weighted by Crippen LogP contribution is -2.22. The van der Waals surface area contributed by atoms with Crippen molar-refractivity contribution in [2.75, 3.05) is 25.0 Å². The zero-order valence-electron chi connectivity index (χ0n) is 9.43. The zero-order chi connectivity index (χ0) is 12.7. The third kappa shape index (κ3) is 3.70. The molecule has 0 amide bonds. The van der Waals surface area contributed by atoms with Crippen molar-refractivity contribution in [3.8, 4) is 6.07 Å². The lowest BCUT2D eigenvalue weighted by Gasteiger charge is -2.06. The van der Waals surface area contributed by atoms with Gasteiger partial charge in [-0.15, -0.1) is 0 Å². The van der Waals surface area contributed by atoms with Crippen molar-refractivity contribution in [3.05, 3.63) is 27.9 Å². The molecule has 0 atom stereocenters. The van der Waals surface area contributed by atoms with E-state index in [1.807, 2.05) is 13.0 Å². The van der Waals surface area contributed by atoms with E-state index in [2.05, 4.69) is 15.6 Å². The minimum absolute atomic E-state index is 0.175. The number of hydrogen-bond donors (Lipinski definition) is 2. The molecule has 0 radical (unpaired) electrons. The van der Waals surface area contributed by atoms with Crippen LogP contribution in [0.2, 0.25) is 0 Å². The summed E-state index contributed by atoms with van der Waals surface area (Å²) in [6, 6.07) is 3.03. The van der Waals surface area contributed by atoms with Crippen LogP contribution in [0.25, 0.3) is 0 Å². The zero-order valence-corrected chi connectivity index (χ0v) is 9.43. The molecule has 0 bridgehead atoms. The van der Waals surface area contributed by atoms with Gasteiger partial charge in [-0.2, -0.15) is 5.26 Å². The molecule has 0 aliphatic carbocycles. The Morgan fingerprint density at radius 2 is 2.35 bits per heavy atom. The molecule has 0 saturated heterocycles. The van der Waals surface area contributed by atoms with E-state index in [1.54, 1.807) is 0 Å². The van der Waals surface area contributed by atoms with Gasteiger partial charge in [0.15, 0.2) is 0 Å². The highest BCUT2D eigenvalue weighted by Gasteiger charge is 2.15. The highest BCUT2D eigenvalue weighted by Crippen LogP contribution is 2.21. The Balaban J connectivity index is 2.77. The number of nitro groups is 1. The van der Waals surface area contributed by atoms with Crippen LogP contribution in [0.15, 0.2) is 12.3 Å². The lowest BCUT2D eigenvalue weighted by atomic mass is 10.3. The molecule has 0 spiro atoms. The number of pyridine rings is 1.